The molecule has 2 aromatic rings. The van der Waals surface area contributed by atoms with Crippen molar-refractivity contribution in [2.45, 2.75) is 31.8 Å². The summed E-state index contributed by atoms with van der Waals surface area (Å²) in [7, 11) is 3.91. The van der Waals surface area contributed by atoms with E-state index in [0.717, 1.165) is 41.4 Å². The highest BCUT2D eigenvalue weighted by molar-refractivity contribution is 5.79. The number of carbonyl (C=O) groups is 1. The first-order valence-electron chi connectivity index (χ1n) is 9.43. The fourth-order valence-electron chi connectivity index (χ4n) is 4.09. The summed E-state index contributed by atoms with van der Waals surface area (Å²) in [6.45, 7) is 4.58. The molecule has 1 fully saturated rings. The highest BCUT2D eigenvalue weighted by Crippen LogP contribution is 2.40. The Morgan fingerprint density at radius 3 is 2.78 bits per heavy atom. The zero-order valence-corrected chi connectivity index (χ0v) is 16.2. The molecule has 6 nitrogen and oxygen atoms in total. The highest BCUT2D eigenvalue weighted by atomic mass is 16.5. The van der Waals surface area contributed by atoms with E-state index in [1.54, 1.807) is 0 Å². The minimum Gasteiger partial charge on any atom is -0.376 e. The summed E-state index contributed by atoms with van der Waals surface area (Å²) < 4.78 is 5.93. The lowest BCUT2D eigenvalue weighted by molar-refractivity contribution is -0.129. The van der Waals surface area contributed by atoms with Crippen LogP contribution < -0.4 is 4.90 Å². The number of carbonyl (C=O) groups excluding carboxylic acids is 1. The number of aromatic nitrogens is 2. The fourth-order valence-corrected chi connectivity index (χ4v) is 4.09. The Bertz CT molecular complexity index is 853. The Balaban J connectivity index is 1.60. The molecule has 3 heterocycles. The molecule has 0 bridgehead atoms. The van der Waals surface area contributed by atoms with E-state index in [0.29, 0.717) is 26.2 Å². The molecule has 1 spiro atoms. The van der Waals surface area contributed by atoms with Crippen LogP contribution in [-0.2, 0) is 28.0 Å². The summed E-state index contributed by atoms with van der Waals surface area (Å²) >= 11 is 0. The van der Waals surface area contributed by atoms with E-state index in [9.17, 15) is 4.79 Å². The Hall–Kier alpha value is -2.47. The number of anilines is 1. The zero-order chi connectivity index (χ0) is 19.0. The van der Waals surface area contributed by atoms with Crippen molar-refractivity contribution in [1.82, 2.24) is 14.9 Å². The van der Waals surface area contributed by atoms with Crippen LogP contribution in [0.4, 0.5) is 5.95 Å². The number of ether oxygens (including phenoxy) is 1. The van der Waals surface area contributed by atoms with Gasteiger partial charge in [-0.25, -0.2) is 9.97 Å². The average molecular weight is 366 g/mol. The molecule has 1 aromatic heterocycles. The normalized spacial score (nSPS) is 21.4. The Morgan fingerprint density at radius 2 is 2.04 bits per heavy atom. The molecule has 4 rings (SSSR count). The van der Waals surface area contributed by atoms with Crippen LogP contribution in [-0.4, -0.2) is 54.6 Å². The molecule has 0 N–H and O–H groups in total. The number of fused-ring (bicyclic) bond motifs is 2. The van der Waals surface area contributed by atoms with Crippen molar-refractivity contribution in [2.75, 3.05) is 38.7 Å². The minimum atomic E-state index is -0.224. The summed E-state index contributed by atoms with van der Waals surface area (Å²) in [6, 6.07) is 9.93. The van der Waals surface area contributed by atoms with Gasteiger partial charge in [-0.05, 0) is 18.9 Å². The lowest BCUT2D eigenvalue weighted by atomic mass is 9.80. The molecule has 2 aliphatic heterocycles. The van der Waals surface area contributed by atoms with Gasteiger partial charge < -0.3 is 14.5 Å². The first-order chi connectivity index (χ1) is 13.0. The number of rotatable bonds is 3. The first-order valence-corrected chi connectivity index (χ1v) is 9.43. The van der Waals surface area contributed by atoms with Crippen molar-refractivity contribution in [3.05, 3.63) is 52.8 Å². The van der Waals surface area contributed by atoms with Gasteiger partial charge in [0.15, 0.2) is 0 Å². The summed E-state index contributed by atoms with van der Waals surface area (Å²) in [4.78, 5) is 26.2. The SMILES string of the molecule is Cc1nc(N(C)C)nc2c1COC[C@@]21CCN(C(=O)Cc2ccccc2)C1. The van der Waals surface area contributed by atoms with Crippen LogP contribution in [0.5, 0.6) is 0 Å². The molecule has 1 amide bonds. The smallest absolute Gasteiger partial charge is 0.227 e. The summed E-state index contributed by atoms with van der Waals surface area (Å²) in [5.74, 6) is 0.894. The van der Waals surface area contributed by atoms with Crippen LogP contribution in [0.2, 0.25) is 0 Å². The molecular formula is C21H26N4O2. The summed E-state index contributed by atoms with van der Waals surface area (Å²) in [5.41, 5.74) is 3.95. The van der Waals surface area contributed by atoms with Crippen LogP contribution in [0.15, 0.2) is 30.3 Å². The number of amides is 1. The van der Waals surface area contributed by atoms with Gasteiger partial charge in [-0.15, -0.1) is 0 Å². The lowest BCUT2D eigenvalue weighted by Gasteiger charge is -2.35. The molecule has 0 unspecified atom stereocenters. The predicted octanol–water partition coefficient (Wildman–Crippen LogP) is 2.09. The van der Waals surface area contributed by atoms with Crippen LogP contribution in [0.1, 0.15) is 28.9 Å². The van der Waals surface area contributed by atoms with Crippen molar-refractivity contribution in [3.63, 3.8) is 0 Å². The van der Waals surface area contributed by atoms with Gasteiger partial charge in [0, 0.05) is 38.4 Å². The quantitative estimate of drug-likeness (QED) is 0.833. The van der Waals surface area contributed by atoms with Crippen LogP contribution in [0.3, 0.4) is 0 Å². The molecular weight excluding hydrogens is 340 g/mol. The van der Waals surface area contributed by atoms with E-state index < -0.39 is 0 Å². The third-order valence-electron chi connectivity index (χ3n) is 5.63. The van der Waals surface area contributed by atoms with Gasteiger partial charge in [-0.1, -0.05) is 30.3 Å². The van der Waals surface area contributed by atoms with Gasteiger partial charge in [0.25, 0.3) is 0 Å². The van der Waals surface area contributed by atoms with E-state index in [-0.39, 0.29) is 11.3 Å². The third kappa shape index (κ3) is 3.30. The largest absolute Gasteiger partial charge is 0.376 e. The second kappa shape index (κ2) is 6.93. The average Bonchev–Trinajstić information content (AvgIpc) is 3.08. The van der Waals surface area contributed by atoms with Gasteiger partial charge in [0.1, 0.15) is 0 Å². The van der Waals surface area contributed by atoms with E-state index >= 15 is 0 Å². The molecule has 0 radical (unpaired) electrons. The van der Waals surface area contributed by atoms with E-state index in [2.05, 4.69) is 4.98 Å². The Kier molecular flexibility index (Phi) is 4.60. The van der Waals surface area contributed by atoms with Crippen LogP contribution in [0, 0.1) is 6.92 Å². The van der Waals surface area contributed by atoms with Crippen LogP contribution >= 0.6 is 0 Å². The topological polar surface area (TPSA) is 58.6 Å². The molecule has 1 atom stereocenters. The molecule has 1 saturated heterocycles. The minimum absolute atomic E-state index is 0.170. The monoisotopic (exact) mass is 366 g/mol. The predicted molar refractivity (Wildman–Crippen MR) is 104 cm³/mol. The first kappa shape index (κ1) is 17.9. The van der Waals surface area contributed by atoms with Gasteiger partial charge in [0.05, 0.1) is 30.7 Å². The second-order valence-electron chi connectivity index (χ2n) is 7.83. The Labute approximate surface area is 160 Å². The zero-order valence-electron chi connectivity index (χ0n) is 16.2. The summed E-state index contributed by atoms with van der Waals surface area (Å²) in [6.07, 6.45) is 1.32. The number of likely N-dealkylation sites (tertiary alicyclic amines) is 1. The van der Waals surface area contributed by atoms with E-state index in [4.69, 9.17) is 9.72 Å². The Morgan fingerprint density at radius 1 is 1.26 bits per heavy atom. The standard InChI is InChI=1S/C21H26N4O2/c1-15-17-12-27-14-21(19(17)23-20(22-15)24(2)3)9-10-25(13-21)18(26)11-16-7-5-4-6-8-16/h4-8H,9-14H2,1-3H3/t21-/m0/s1. The van der Waals surface area contributed by atoms with E-state index in [1.165, 1.54) is 0 Å². The maximum absolute atomic E-state index is 12.8. The molecule has 142 valence electrons. The molecule has 27 heavy (non-hydrogen) atoms. The van der Waals surface area contributed by atoms with Gasteiger partial charge in [0.2, 0.25) is 11.9 Å². The van der Waals surface area contributed by atoms with Gasteiger partial charge >= 0.3 is 0 Å². The summed E-state index contributed by atoms with van der Waals surface area (Å²) in [5, 5.41) is 0. The van der Waals surface area contributed by atoms with Crippen molar-refractivity contribution < 1.29 is 9.53 Å². The third-order valence-corrected chi connectivity index (χ3v) is 5.63. The van der Waals surface area contributed by atoms with Crippen LogP contribution in [0.25, 0.3) is 0 Å². The number of nitrogens with zero attached hydrogens (tertiary/aromatic N) is 4. The van der Waals surface area contributed by atoms with Crippen molar-refractivity contribution in [3.8, 4) is 0 Å². The molecule has 0 aliphatic carbocycles. The van der Waals surface area contributed by atoms with Crippen molar-refractivity contribution >= 4 is 11.9 Å². The second-order valence-corrected chi connectivity index (χ2v) is 7.83. The van der Waals surface area contributed by atoms with Crippen molar-refractivity contribution in [2.24, 2.45) is 0 Å². The number of benzene rings is 1. The van der Waals surface area contributed by atoms with E-state index in [1.807, 2.05) is 61.2 Å². The fraction of sp³-hybridized carbons (Fsp3) is 0.476. The van der Waals surface area contributed by atoms with Crippen molar-refractivity contribution in [1.29, 1.82) is 0 Å². The van der Waals surface area contributed by atoms with Gasteiger partial charge in [-0.2, -0.15) is 0 Å². The molecule has 1 aromatic carbocycles. The molecule has 0 saturated carbocycles. The molecule has 6 heteroatoms. The number of hydrogen-bond acceptors (Lipinski definition) is 5. The number of aryl methyl sites for hydroxylation is 1. The highest BCUT2D eigenvalue weighted by Gasteiger charge is 2.46. The lowest BCUT2D eigenvalue weighted by Crippen LogP contribution is -2.42. The molecule has 2 aliphatic rings. The maximum atomic E-state index is 12.8. The maximum Gasteiger partial charge on any atom is 0.227 e. The number of hydrogen-bond donors (Lipinski definition) is 0. The van der Waals surface area contributed by atoms with Gasteiger partial charge in [-0.3, -0.25) is 4.79 Å².